The van der Waals surface area contributed by atoms with Gasteiger partial charge in [-0.25, -0.2) is 0 Å². The Morgan fingerprint density at radius 3 is 2.40 bits per heavy atom. The molecule has 1 aromatic heterocycles. The van der Waals surface area contributed by atoms with Crippen LogP contribution in [0.3, 0.4) is 0 Å². The van der Waals surface area contributed by atoms with Gasteiger partial charge in [-0.05, 0) is 46.7 Å². The number of nitrogens with one attached hydrogen (secondary N) is 1. The maximum atomic E-state index is 12.5. The highest BCUT2D eigenvalue weighted by molar-refractivity contribution is 9.11. The molecule has 0 radical (unpaired) electrons. The molecule has 2 heterocycles. The number of likely N-dealkylation sites (N-methyl/N-ethyl adjacent to an activating group) is 1. The van der Waals surface area contributed by atoms with Crippen molar-refractivity contribution in [2.45, 2.75) is 6.54 Å². The van der Waals surface area contributed by atoms with Crippen LogP contribution < -0.4 is 5.32 Å². The van der Waals surface area contributed by atoms with E-state index >= 15 is 0 Å². The van der Waals surface area contributed by atoms with Crippen LogP contribution in [0, 0.1) is 0 Å². The first-order valence-electron chi connectivity index (χ1n) is 8.12. The molecule has 0 saturated carbocycles. The third-order valence-corrected chi connectivity index (χ3v) is 5.78. The first-order chi connectivity index (χ1) is 12.0. The lowest BCUT2D eigenvalue weighted by molar-refractivity contribution is 0.0664. The van der Waals surface area contributed by atoms with Crippen molar-refractivity contribution >= 4 is 39.1 Å². The lowest BCUT2D eigenvalue weighted by atomic mass is 10.1. The van der Waals surface area contributed by atoms with Crippen molar-refractivity contribution in [3.8, 4) is 0 Å². The number of carbonyl (C=O) groups is 2. The number of hydrogen-bond donors (Lipinski definition) is 1. The van der Waals surface area contributed by atoms with Gasteiger partial charge in [0.05, 0.1) is 9.35 Å². The van der Waals surface area contributed by atoms with Crippen LogP contribution >= 0.6 is 27.3 Å². The summed E-state index contributed by atoms with van der Waals surface area (Å²) in [6.45, 7) is 3.80. The van der Waals surface area contributed by atoms with Crippen LogP contribution in [0.1, 0.15) is 26.3 Å². The van der Waals surface area contributed by atoms with Crippen LogP contribution in [0.15, 0.2) is 39.5 Å². The van der Waals surface area contributed by atoms with E-state index in [0.29, 0.717) is 17.7 Å². The molecule has 0 atom stereocenters. The molecule has 0 bridgehead atoms. The topological polar surface area (TPSA) is 52.6 Å². The van der Waals surface area contributed by atoms with Gasteiger partial charge >= 0.3 is 0 Å². The zero-order valence-corrected chi connectivity index (χ0v) is 16.4. The molecule has 1 aliphatic heterocycles. The van der Waals surface area contributed by atoms with Crippen molar-refractivity contribution in [2.75, 3.05) is 33.2 Å². The highest BCUT2D eigenvalue weighted by atomic mass is 79.9. The summed E-state index contributed by atoms with van der Waals surface area (Å²) in [4.78, 5) is 28.7. The summed E-state index contributed by atoms with van der Waals surface area (Å²) in [5.41, 5.74) is 2.32. The first-order valence-corrected chi connectivity index (χ1v) is 9.79. The maximum Gasteiger partial charge on any atom is 0.253 e. The monoisotopic (exact) mass is 421 g/mol. The van der Waals surface area contributed by atoms with Crippen molar-refractivity contribution in [1.82, 2.24) is 15.1 Å². The molecule has 3 rings (SSSR count). The van der Waals surface area contributed by atoms with Crippen molar-refractivity contribution in [3.63, 3.8) is 0 Å². The van der Waals surface area contributed by atoms with Crippen LogP contribution in [0.4, 0.5) is 0 Å². The van der Waals surface area contributed by atoms with Gasteiger partial charge in [0.25, 0.3) is 11.8 Å². The van der Waals surface area contributed by atoms with Crippen LogP contribution in [0.5, 0.6) is 0 Å². The Morgan fingerprint density at radius 2 is 1.80 bits per heavy atom. The summed E-state index contributed by atoms with van der Waals surface area (Å²) in [6, 6.07) is 9.27. The number of halogens is 1. The molecule has 5 nitrogen and oxygen atoms in total. The Kier molecular flexibility index (Phi) is 5.88. The van der Waals surface area contributed by atoms with Crippen LogP contribution in [-0.4, -0.2) is 54.8 Å². The number of carbonyl (C=O) groups excluding carboxylic acids is 2. The smallest absolute Gasteiger partial charge is 0.253 e. The fourth-order valence-electron chi connectivity index (χ4n) is 2.67. The van der Waals surface area contributed by atoms with Crippen LogP contribution in [-0.2, 0) is 6.54 Å². The van der Waals surface area contributed by atoms with Gasteiger partial charge in [-0.2, -0.15) is 0 Å². The third-order valence-electron chi connectivity index (χ3n) is 4.27. The van der Waals surface area contributed by atoms with Gasteiger partial charge in [0.1, 0.15) is 0 Å². The van der Waals surface area contributed by atoms with Crippen molar-refractivity contribution in [3.05, 3.63) is 56.2 Å². The summed E-state index contributed by atoms with van der Waals surface area (Å²) in [5, 5.41) is 4.71. The number of hydrogen-bond acceptors (Lipinski definition) is 4. The SMILES string of the molecule is CN1CCN(C(=O)c2ccc(CNC(=O)c3csc(Br)c3)cc2)CC1. The second-order valence-corrected chi connectivity index (χ2v) is 8.41. The van der Waals surface area contributed by atoms with E-state index in [-0.39, 0.29) is 11.8 Å². The number of benzene rings is 1. The van der Waals surface area contributed by atoms with Gasteiger partial charge < -0.3 is 15.1 Å². The minimum atomic E-state index is -0.0976. The second-order valence-electron chi connectivity index (χ2n) is 6.11. The summed E-state index contributed by atoms with van der Waals surface area (Å²) in [7, 11) is 2.07. The Balaban J connectivity index is 1.55. The molecule has 2 amide bonds. The fourth-order valence-corrected chi connectivity index (χ4v) is 3.81. The van der Waals surface area contributed by atoms with Crippen LogP contribution in [0.25, 0.3) is 0 Å². The lowest BCUT2D eigenvalue weighted by Crippen LogP contribution is -2.47. The highest BCUT2D eigenvalue weighted by Gasteiger charge is 2.20. The van der Waals surface area contributed by atoms with E-state index in [0.717, 1.165) is 35.5 Å². The molecule has 25 heavy (non-hydrogen) atoms. The Bertz CT molecular complexity index is 752. The fraction of sp³-hybridized carbons (Fsp3) is 0.333. The number of piperazine rings is 1. The van der Waals surface area contributed by atoms with E-state index in [2.05, 4.69) is 33.2 Å². The molecule has 2 aromatic rings. The molecular formula is C18H20BrN3O2S. The van der Waals surface area contributed by atoms with E-state index in [9.17, 15) is 9.59 Å². The average molecular weight is 422 g/mol. The van der Waals surface area contributed by atoms with Crippen molar-refractivity contribution in [1.29, 1.82) is 0 Å². The molecule has 0 unspecified atom stereocenters. The van der Waals surface area contributed by atoms with E-state index in [1.165, 1.54) is 11.3 Å². The Hall–Kier alpha value is -1.70. The van der Waals surface area contributed by atoms with E-state index in [1.54, 1.807) is 6.07 Å². The quantitative estimate of drug-likeness (QED) is 0.825. The van der Waals surface area contributed by atoms with E-state index in [1.807, 2.05) is 34.5 Å². The largest absolute Gasteiger partial charge is 0.348 e. The second kappa shape index (κ2) is 8.12. The standard InChI is InChI=1S/C18H20BrN3O2S/c1-21-6-8-22(9-7-21)18(24)14-4-2-13(3-5-14)11-20-17(23)15-10-16(19)25-12-15/h2-5,10,12H,6-9,11H2,1H3,(H,20,23). The predicted molar refractivity (Wildman–Crippen MR) is 103 cm³/mol. The van der Waals surface area contributed by atoms with Gasteiger partial charge in [0, 0.05) is 43.7 Å². The number of amides is 2. The van der Waals surface area contributed by atoms with Gasteiger partial charge in [-0.3, -0.25) is 9.59 Å². The first kappa shape index (κ1) is 18.1. The predicted octanol–water partition coefficient (Wildman–Crippen LogP) is 2.83. The molecule has 1 saturated heterocycles. The molecule has 1 aromatic carbocycles. The van der Waals surface area contributed by atoms with Gasteiger partial charge in [0.2, 0.25) is 0 Å². The zero-order valence-electron chi connectivity index (χ0n) is 14.0. The van der Waals surface area contributed by atoms with Gasteiger partial charge in [-0.15, -0.1) is 11.3 Å². The molecular weight excluding hydrogens is 402 g/mol. The number of thiophene rings is 1. The summed E-state index contributed by atoms with van der Waals surface area (Å²) in [5.74, 6) is -0.0219. The summed E-state index contributed by atoms with van der Waals surface area (Å²) < 4.78 is 0.935. The minimum Gasteiger partial charge on any atom is -0.348 e. The van der Waals surface area contributed by atoms with E-state index < -0.39 is 0 Å². The molecule has 132 valence electrons. The molecule has 0 spiro atoms. The lowest BCUT2D eigenvalue weighted by Gasteiger charge is -2.32. The number of rotatable bonds is 4. The zero-order chi connectivity index (χ0) is 17.8. The maximum absolute atomic E-state index is 12.5. The molecule has 1 N–H and O–H groups in total. The Labute approximate surface area is 159 Å². The van der Waals surface area contributed by atoms with Crippen LogP contribution in [0.2, 0.25) is 0 Å². The van der Waals surface area contributed by atoms with Crippen molar-refractivity contribution < 1.29 is 9.59 Å². The number of nitrogens with zero attached hydrogens (tertiary/aromatic N) is 2. The highest BCUT2D eigenvalue weighted by Crippen LogP contribution is 2.20. The molecule has 1 fully saturated rings. The summed E-state index contributed by atoms with van der Waals surface area (Å²) in [6.07, 6.45) is 0. The van der Waals surface area contributed by atoms with Gasteiger partial charge in [0.15, 0.2) is 0 Å². The third kappa shape index (κ3) is 4.68. The molecule has 0 aliphatic carbocycles. The molecule has 7 heteroatoms. The average Bonchev–Trinajstić information content (AvgIpc) is 3.07. The van der Waals surface area contributed by atoms with Crippen molar-refractivity contribution in [2.24, 2.45) is 0 Å². The van der Waals surface area contributed by atoms with Gasteiger partial charge in [-0.1, -0.05) is 12.1 Å². The minimum absolute atomic E-state index is 0.0757. The summed E-state index contributed by atoms with van der Waals surface area (Å²) >= 11 is 4.84. The molecule has 1 aliphatic rings. The normalized spacial score (nSPS) is 15.2. The van der Waals surface area contributed by atoms with E-state index in [4.69, 9.17) is 0 Å². The Morgan fingerprint density at radius 1 is 1.12 bits per heavy atom.